The van der Waals surface area contributed by atoms with Crippen molar-refractivity contribution in [3.05, 3.63) is 34.4 Å². The number of esters is 2. The number of carbonyl (C=O) groups excluding carboxylic acids is 3. The summed E-state index contributed by atoms with van der Waals surface area (Å²) in [4.78, 5) is 40.2. The van der Waals surface area contributed by atoms with Gasteiger partial charge < -0.3 is 18.8 Å². The van der Waals surface area contributed by atoms with E-state index in [1.54, 1.807) is 38.5 Å². The molecule has 1 saturated heterocycles. The Kier molecular flexibility index (Phi) is 8.05. The van der Waals surface area contributed by atoms with Crippen molar-refractivity contribution < 1.29 is 28.6 Å². The Morgan fingerprint density at radius 1 is 1.17 bits per heavy atom. The van der Waals surface area contributed by atoms with Gasteiger partial charge in [-0.2, -0.15) is 0 Å². The van der Waals surface area contributed by atoms with Crippen LogP contribution in [0.15, 0.2) is 28.7 Å². The molecule has 1 fully saturated rings. The number of aromatic nitrogens is 1. The zero-order valence-electron chi connectivity index (χ0n) is 21.5. The number of hydrogen-bond acceptors (Lipinski definition) is 6. The van der Waals surface area contributed by atoms with E-state index in [0.717, 1.165) is 21.4 Å². The van der Waals surface area contributed by atoms with Crippen LogP contribution in [0.5, 0.6) is 0 Å². The molecule has 2 heterocycles. The van der Waals surface area contributed by atoms with Crippen molar-refractivity contribution in [2.75, 3.05) is 13.2 Å². The van der Waals surface area contributed by atoms with Crippen LogP contribution in [0.1, 0.15) is 37.7 Å². The SMILES string of the molecule is Cn1c(C(=O)O[C@@H]2C[C@@H](C(=O)OCC[Si](C)(C)C)N(C(=O)OC(C)(C)C)C2)cc2c(Br)cccc21. The molecule has 3 rings (SSSR count). The van der Waals surface area contributed by atoms with E-state index in [1.807, 2.05) is 18.2 Å². The zero-order valence-corrected chi connectivity index (χ0v) is 24.1. The molecule has 1 amide bonds. The summed E-state index contributed by atoms with van der Waals surface area (Å²) in [6.07, 6.45) is -1.13. The van der Waals surface area contributed by atoms with E-state index in [1.165, 1.54) is 4.90 Å². The number of halogens is 1. The first-order valence-electron chi connectivity index (χ1n) is 11.8. The molecule has 1 aromatic carbocycles. The molecule has 1 aliphatic heterocycles. The second-order valence-corrected chi connectivity index (χ2v) is 17.6. The third-order valence-electron chi connectivity index (χ3n) is 5.78. The first-order chi connectivity index (χ1) is 16.2. The van der Waals surface area contributed by atoms with E-state index in [0.29, 0.717) is 12.3 Å². The van der Waals surface area contributed by atoms with E-state index >= 15 is 0 Å². The number of ether oxygens (including phenoxy) is 3. The average molecular weight is 568 g/mol. The molecular formula is C25H35BrN2O6Si. The Balaban J connectivity index is 1.76. The molecule has 35 heavy (non-hydrogen) atoms. The molecule has 8 nitrogen and oxygen atoms in total. The molecule has 0 aliphatic carbocycles. The van der Waals surface area contributed by atoms with Crippen molar-refractivity contribution in [1.29, 1.82) is 0 Å². The minimum atomic E-state index is -1.39. The maximum absolute atomic E-state index is 13.1. The van der Waals surface area contributed by atoms with Crippen LogP contribution in [-0.2, 0) is 26.1 Å². The van der Waals surface area contributed by atoms with Gasteiger partial charge in [-0.05, 0) is 45.0 Å². The fourth-order valence-corrected chi connectivity index (χ4v) is 5.10. The van der Waals surface area contributed by atoms with Crippen LogP contribution in [0.2, 0.25) is 25.7 Å². The van der Waals surface area contributed by atoms with Gasteiger partial charge >= 0.3 is 18.0 Å². The highest BCUT2D eigenvalue weighted by Crippen LogP contribution is 2.29. The maximum Gasteiger partial charge on any atom is 0.411 e. The second kappa shape index (κ2) is 10.3. The van der Waals surface area contributed by atoms with Crippen molar-refractivity contribution in [3.8, 4) is 0 Å². The minimum absolute atomic E-state index is 0.0576. The van der Waals surface area contributed by atoms with E-state index in [4.69, 9.17) is 14.2 Å². The lowest BCUT2D eigenvalue weighted by Crippen LogP contribution is -2.44. The predicted molar refractivity (Wildman–Crippen MR) is 140 cm³/mol. The molecule has 1 aliphatic rings. The summed E-state index contributed by atoms with van der Waals surface area (Å²) < 4.78 is 19.4. The van der Waals surface area contributed by atoms with Crippen molar-refractivity contribution in [3.63, 3.8) is 0 Å². The highest BCUT2D eigenvalue weighted by molar-refractivity contribution is 9.10. The number of fused-ring (bicyclic) bond motifs is 1. The Labute approximate surface area is 216 Å². The summed E-state index contributed by atoms with van der Waals surface area (Å²) >= 11 is 3.51. The molecule has 0 unspecified atom stereocenters. The van der Waals surface area contributed by atoms with Gasteiger partial charge in [0, 0.05) is 36.9 Å². The molecule has 0 bridgehead atoms. The largest absolute Gasteiger partial charge is 0.464 e. The topological polar surface area (TPSA) is 87.1 Å². The summed E-state index contributed by atoms with van der Waals surface area (Å²) in [5, 5.41) is 0.896. The third kappa shape index (κ3) is 6.88. The molecule has 0 spiro atoms. The van der Waals surface area contributed by atoms with Crippen LogP contribution in [0, 0.1) is 0 Å². The summed E-state index contributed by atoms with van der Waals surface area (Å²) in [7, 11) is 0.409. The fourth-order valence-electron chi connectivity index (χ4n) is 3.91. The molecule has 0 N–H and O–H groups in total. The monoisotopic (exact) mass is 566 g/mol. The predicted octanol–water partition coefficient (Wildman–Crippen LogP) is 5.36. The van der Waals surface area contributed by atoms with E-state index in [2.05, 4.69) is 35.6 Å². The second-order valence-electron chi connectivity index (χ2n) is 11.2. The van der Waals surface area contributed by atoms with Crippen molar-refractivity contribution in [2.24, 2.45) is 7.05 Å². The maximum atomic E-state index is 13.1. The Morgan fingerprint density at radius 2 is 1.86 bits per heavy atom. The van der Waals surface area contributed by atoms with Gasteiger partial charge in [-0.1, -0.05) is 41.6 Å². The van der Waals surface area contributed by atoms with Gasteiger partial charge in [0.2, 0.25) is 0 Å². The van der Waals surface area contributed by atoms with Gasteiger partial charge in [0.15, 0.2) is 0 Å². The molecule has 192 valence electrons. The summed E-state index contributed by atoms with van der Waals surface area (Å²) in [6.45, 7) is 12.2. The summed E-state index contributed by atoms with van der Waals surface area (Å²) in [6, 6.07) is 7.45. The lowest BCUT2D eigenvalue weighted by Gasteiger charge is -2.27. The Hall–Kier alpha value is -2.33. The van der Waals surface area contributed by atoms with Crippen LogP contribution in [-0.4, -0.2) is 66.5 Å². The number of aryl methyl sites for hydroxylation is 1. The van der Waals surface area contributed by atoms with Gasteiger partial charge in [0.25, 0.3) is 0 Å². The highest BCUT2D eigenvalue weighted by Gasteiger charge is 2.44. The smallest absolute Gasteiger partial charge is 0.411 e. The Morgan fingerprint density at radius 3 is 2.46 bits per heavy atom. The standard InChI is InChI=1S/C25H35BrN2O6Si/c1-25(2,3)34-24(31)28-15-16(13-21(28)22(29)32-11-12-35(5,6)7)33-23(30)20-14-17-18(26)9-8-10-19(17)27(20)4/h8-10,14,16,21H,11-13,15H2,1-7H3/t16-,21+/m1/s1. The minimum Gasteiger partial charge on any atom is -0.464 e. The van der Waals surface area contributed by atoms with Crippen molar-refractivity contribution in [2.45, 2.75) is 70.6 Å². The zero-order chi connectivity index (χ0) is 26.1. The molecule has 10 heteroatoms. The molecule has 2 aromatic rings. The summed E-state index contributed by atoms with van der Waals surface area (Å²) in [5.74, 6) is -1.02. The van der Waals surface area contributed by atoms with Crippen LogP contribution in [0.25, 0.3) is 10.9 Å². The Bertz CT molecular complexity index is 1120. The van der Waals surface area contributed by atoms with Gasteiger partial charge in [-0.3, -0.25) is 4.90 Å². The normalized spacial score (nSPS) is 18.6. The lowest BCUT2D eigenvalue weighted by molar-refractivity contribution is -0.148. The molecule has 1 aromatic heterocycles. The van der Waals surface area contributed by atoms with Gasteiger partial charge in [-0.15, -0.1) is 0 Å². The fraction of sp³-hybridized carbons (Fsp3) is 0.560. The number of rotatable bonds is 6. The lowest BCUT2D eigenvalue weighted by atomic mass is 10.2. The van der Waals surface area contributed by atoms with Gasteiger partial charge in [-0.25, -0.2) is 14.4 Å². The first-order valence-corrected chi connectivity index (χ1v) is 16.3. The number of likely N-dealkylation sites (tertiary alicyclic amines) is 1. The van der Waals surface area contributed by atoms with Crippen molar-refractivity contribution in [1.82, 2.24) is 9.47 Å². The number of nitrogens with zero attached hydrogens (tertiary/aromatic N) is 2. The average Bonchev–Trinajstić information content (AvgIpc) is 3.28. The number of benzene rings is 1. The first kappa shape index (κ1) is 27.3. The number of amides is 1. The van der Waals surface area contributed by atoms with Gasteiger partial charge in [0.1, 0.15) is 23.4 Å². The van der Waals surface area contributed by atoms with Crippen LogP contribution < -0.4 is 0 Å². The quantitative estimate of drug-likeness (QED) is 0.266. The molecule has 2 atom stereocenters. The van der Waals surface area contributed by atoms with Crippen LogP contribution >= 0.6 is 15.9 Å². The van der Waals surface area contributed by atoms with E-state index < -0.39 is 43.9 Å². The molecule has 0 radical (unpaired) electrons. The van der Waals surface area contributed by atoms with E-state index in [9.17, 15) is 14.4 Å². The van der Waals surface area contributed by atoms with Gasteiger partial charge in [0.05, 0.1) is 13.2 Å². The van der Waals surface area contributed by atoms with Crippen molar-refractivity contribution >= 4 is 52.9 Å². The molecular weight excluding hydrogens is 532 g/mol. The van der Waals surface area contributed by atoms with E-state index in [-0.39, 0.29) is 13.0 Å². The van der Waals surface area contributed by atoms with Crippen LogP contribution in [0.4, 0.5) is 4.79 Å². The molecule has 0 saturated carbocycles. The third-order valence-corrected chi connectivity index (χ3v) is 8.17. The highest BCUT2D eigenvalue weighted by atomic mass is 79.9. The van der Waals surface area contributed by atoms with Crippen LogP contribution in [0.3, 0.4) is 0 Å². The summed E-state index contributed by atoms with van der Waals surface area (Å²) in [5.41, 5.74) is 0.545. The number of carbonyl (C=O) groups is 3. The number of hydrogen-bond donors (Lipinski definition) is 0.